The number of nitrogens with zero attached hydrogens (tertiary/aromatic N) is 1. The lowest BCUT2D eigenvalue weighted by molar-refractivity contribution is 0.0696. The molecule has 0 aliphatic heterocycles. The largest absolute Gasteiger partial charge is 0.478 e. The molecule has 0 aromatic carbocycles. The van der Waals surface area contributed by atoms with Crippen LogP contribution >= 0.6 is 11.6 Å². The molecule has 0 amide bonds. The van der Waals surface area contributed by atoms with E-state index in [9.17, 15) is 4.79 Å². The van der Waals surface area contributed by atoms with Crippen LogP contribution in [0.2, 0.25) is 5.02 Å². The van der Waals surface area contributed by atoms with Gasteiger partial charge in [0.2, 0.25) is 5.88 Å². The summed E-state index contributed by atoms with van der Waals surface area (Å²) in [6, 6.07) is 1.23. The molecule has 1 rings (SSSR count). The second kappa shape index (κ2) is 4.67. The van der Waals surface area contributed by atoms with E-state index in [0.29, 0.717) is 0 Å². The molecule has 0 spiro atoms. The summed E-state index contributed by atoms with van der Waals surface area (Å²) in [5, 5.41) is 8.83. The van der Waals surface area contributed by atoms with E-state index in [4.69, 9.17) is 27.9 Å². The number of rotatable bonds is 3. The van der Waals surface area contributed by atoms with Crippen LogP contribution in [0, 0.1) is 12.3 Å². The van der Waals surface area contributed by atoms with Crippen molar-refractivity contribution in [3.63, 3.8) is 0 Å². The predicted octanol–water partition coefficient (Wildman–Crippen LogP) is 1.83. The van der Waals surface area contributed by atoms with Gasteiger partial charge in [0.05, 0.1) is 16.8 Å². The third kappa shape index (κ3) is 2.86. The van der Waals surface area contributed by atoms with Crippen molar-refractivity contribution in [1.82, 2.24) is 4.98 Å². The second-order valence-corrected chi connectivity index (χ2v) is 3.14. The number of aromatic carboxylic acids is 1. The molecule has 1 heterocycles. The Morgan fingerprint density at radius 1 is 1.80 bits per heavy atom. The van der Waals surface area contributed by atoms with Gasteiger partial charge in [-0.1, -0.05) is 17.5 Å². The molecule has 1 N–H and O–H groups in total. The highest BCUT2D eigenvalue weighted by Crippen LogP contribution is 2.19. The van der Waals surface area contributed by atoms with Gasteiger partial charge in [-0.2, -0.15) is 0 Å². The molecule has 0 bridgehead atoms. The molecule has 1 aromatic rings. The first-order valence-corrected chi connectivity index (χ1v) is 4.44. The van der Waals surface area contributed by atoms with Crippen molar-refractivity contribution < 1.29 is 14.6 Å². The molecule has 0 saturated heterocycles. The number of halogens is 1. The van der Waals surface area contributed by atoms with Crippen molar-refractivity contribution in [1.29, 1.82) is 0 Å². The summed E-state index contributed by atoms with van der Waals surface area (Å²) in [5.74, 6) is 1.34. The number of aromatic nitrogens is 1. The van der Waals surface area contributed by atoms with Crippen LogP contribution in [0.3, 0.4) is 0 Å². The average molecular weight is 226 g/mol. The third-order valence-electron chi connectivity index (χ3n) is 1.59. The number of carbonyl (C=O) groups is 1. The first-order valence-electron chi connectivity index (χ1n) is 4.06. The van der Waals surface area contributed by atoms with Gasteiger partial charge in [-0.25, -0.2) is 9.78 Å². The Hall–Kier alpha value is -1.73. The molecular formula is C10H8ClNO3. The summed E-state index contributed by atoms with van der Waals surface area (Å²) in [5.41, 5.74) is -0.0640. The van der Waals surface area contributed by atoms with Crippen LogP contribution in [0.4, 0.5) is 0 Å². The van der Waals surface area contributed by atoms with E-state index in [0.717, 1.165) is 0 Å². The smallest absolute Gasteiger partial charge is 0.337 e. The standard InChI is InChI=1S/C10H8ClNO3/c1-3-6(2)15-9-4-7(10(13)14)8(11)5-12-9/h1,4-6H,2H3,(H,13,14). The maximum Gasteiger partial charge on any atom is 0.337 e. The fourth-order valence-corrected chi connectivity index (χ4v) is 1.05. The van der Waals surface area contributed by atoms with E-state index in [1.54, 1.807) is 6.92 Å². The van der Waals surface area contributed by atoms with Crippen molar-refractivity contribution in [3.05, 3.63) is 22.8 Å². The molecule has 0 radical (unpaired) electrons. The molecule has 15 heavy (non-hydrogen) atoms. The normalized spacial score (nSPS) is 11.5. The fourth-order valence-electron chi connectivity index (χ4n) is 0.863. The number of carboxylic acids is 1. The van der Waals surface area contributed by atoms with E-state index in [1.165, 1.54) is 12.3 Å². The van der Waals surface area contributed by atoms with E-state index in [-0.39, 0.29) is 16.5 Å². The molecule has 4 nitrogen and oxygen atoms in total. The number of pyridine rings is 1. The zero-order valence-electron chi connectivity index (χ0n) is 7.90. The zero-order chi connectivity index (χ0) is 11.4. The first-order chi connectivity index (χ1) is 7.04. The van der Waals surface area contributed by atoms with E-state index < -0.39 is 12.1 Å². The third-order valence-corrected chi connectivity index (χ3v) is 1.89. The van der Waals surface area contributed by atoms with E-state index in [2.05, 4.69) is 10.9 Å². The Labute approximate surface area is 91.8 Å². The van der Waals surface area contributed by atoms with Gasteiger partial charge in [-0.3, -0.25) is 0 Å². The molecule has 0 fully saturated rings. The van der Waals surface area contributed by atoms with Gasteiger partial charge in [0.25, 0.3) is 0 Å². The van der Waals surface area contributed by atoms with Crippen molar-refractivity contribution in [2.75, 3.05) is 0 Å². The minimum atomic E-state index is -1.14. The maximum absolute atomic E-state index is 10.7. The van der Waals surface area contributed by atoms with Crippen LogP contribution in [0.15, 0.2) is 12.3 Å². The Balaban J connectivity index is 2.99. The first kappa shape index (κ1) is 11.3. The molecule has 78 valence electrons. The van der Waals surface area contributed by atoms with Crippen LogP contribution in [0.25, 0.3) is 0 Å². The lowest BCUT2D eigenvalue weighted by Crippen LogP contribution is -2.10. The van der Waals surface area contributed by atoms with Crippen molar-refractivity contribution in [2.45, 2.75) is 13.0 Å². The highest BCUT2D eigenvalue weighted by molar-refractivity contribution is 6.33. The Morgan fingerprint density at radius 3 is 3.00 bits per heavy atom. The van der Waals surface area contributed by atoms with Crippen LogP contribution in [0.5, 0.6) is 5.88 Å². The van der Waals surface area contributed by atoms with Crippen molar-refractivity contribution in [3.8, 4) is 18.2 Å². The number of carboxylic acid groups (broad SMARTS) is 1. The van der Waals surface area contributed by atoms with Gasteiger partial charge >= 0.3 is 5.97 Å². The number of hydrogen-bond acceptors (Lipinski definition) is 3. The van der Waals surface area contributed by atoms with Crippen molar-refractivity contribution in [2.24, 2.45) is 0 Å². The molecule has 0 saturated carbocycles. The summed E-state index contributed by atoms with van der Waals surface area (Å²) >= 11 is 5.62. The molecule has 1 aromatic heterocycles. The maximum atomic E-state index is 10.7. The Bertz CT molecular complexity index is 425. The van der Waals surface area contributed by atoms with Gasteiger partial charge in [0.1, 0.15) is 0 Å². The zero-order valence-corrected chi connectivity index (χ0v) is 8.65. The Morgan fingerprint density at radius 2 is 2.47 bits per heavy atom. The molecule has 1 unspecified atom stereocenters. The summed E-state index contributed by atoms with van der Waals surface area (Å²) in [6.45, 7) is 1.65. The molecular weight excluding hydrogens is 218 g/mol. The van der Waals surface area contributed by atoms with Crippen LogP contribution in [-0.4, -0.2) is 22.2 Å². The second-order valence-electron chi connectivity index (χ2n) is 2.73. The fraction of sp³-hybridized carbons (Fsp3) is 0.200. The van der Waals surface area contributed by atoms with Crippen LogP contribution in [-0.2, 0) is 0 Å². The molecule has 0 aliphatic carbocycles. The van der Waals surface area contributed by atoms with E-state index >= 15 is 0 Å². The van der Waals surface area contributed by atoms with Gasteiger partial charge in [-0.15, -0.1) is 6.42 Å². The number of ether oxygens (including phenoxy) is 1. The van der Waals surface area contributed by atoms with E-state index in [1.807, 2.05) is 0 Å². The molecule has 0 aliphatic rings. The van der Waals surface area contributed by atoms with Gasteiger partial charge in [0, 0.05) is 6.07 Å². The average Bonchev–Trinajstić information content (AvgIpc) is 2.20. The number of terminal acetylenes is 1. The number of hydrogen-bond donors (Lipinski definition) is 1. The minimum absolute atomic E-state index is 0.0585. The van der Waals surface area contributed by atoms with Gasteiger partial charge in [0.15, 0.2) is 6.10 Å². The van der Waals surface area contributed by atoms with Crippen molar-refractivity contribution >= 4 is 17.6 Å². The summed E-state index contributed by atoms with van der Waals surface area (Å²) < 4.78 is 5.14. The topological polar surface area (TPSA) is 59.4 Å². The molecule has 1 atom stereocenters. The summed E-state index contributed by atoms with van der Waals surface area (Å²) in [6.07, 6.45) is 5.84. The quantitative estimate of drug-likeness (QED) is 0.798. The lowest BCUT2D eigenvalue weighted by Gasteiger charge is -2.08. The van der Waals surface area contributed by atoms with Gasteiger partial charge < -0.3 is 9.84 Å². The highest BCUT2D eigenvalue weighted by Gasteiger charge is 2.11. The summed E-state index contributed by atoms with van der Waals surface area (Å²) in [7, 11) is 0. The lowest BCUT2D eigenvalue weighted by atomic mass is 10.3. The highest BCUT2D eigenvalue weighted by atomic mass is 35.5. The predicted molar refractivity (Wildman–Crippen MR) is 55.1 cm³/mol. The monoisotopic (exact) mass is 225 g/mol. The molecule has 5 heteroatoms. The minimum Gasteiger partial charge on any atom is -0.478 e. The Kier molecular flexibility index (Phi) is 3.53. The van der Waals surface area contributed by atoms with Gasteiger partial charge in [-0.05, 0) is 6.92 Å². The summed E-state index contributed by atoms with van der Waals surface area (Å²) in [4.78, 5) is 14.5. The van der Waals surface area contributed by atoms with Crippen LogP contribution in [0.1, 0.15) is 17.3 Å². The SMILES string of the molecule is C#CC(C)Oc1cc(C(=O)O)c(Cl)cn1. The van der Waals surface area contributed by atoms with Crippen LogP contribution < -0.4 is 4.74 Å².